The Labute approximate surface area is 95.3 Å². The van der Waals surface area contributed by atoms with E-state index in [4.69, 9.17) is 0 Å². The minimum atomic E-state index is 0.912. The fourth-order valence-corrected chi connectivity index (χ4v) is 1.61. The normalized spacial score (nSPS) is 10.4. The highest BCUT2D eigenvalue weighted by atomic mass is 15.2. The maximum absolute atomic E-state index is 4.16. The average molecular weight is 216 g/mol. The van der Waals surface area contributed by atoms with Crippen LogP contribution in [0.25, 0.3) is 0 Å². The Morgan fingerprint density at radius 1 is 1.44 bits per heavy atom. The highest BCUT2D eigenvalue weighted by Crippen LogP contribution is 2.07. The molecule has 0 spiro atoms. The van der Waals surface area contributed by atoms with Gasteiger partial charge in [-0.05, 0) is 31.0 Å². The van der Waals surface area contributed by atoms with Crippen molar-refractivity contribution in [2.24, 2.45) is 7.05 Å². The van der Waals surface area contributed by atoms with Crippen molar-refractivity contribution in [3.63, 3.8) is 0 Å². The monoisotopic (exact) mass is 216 g/mol. The molecule has 84 valence electrons. The molecule has 2 rings (SSSR count). The van der Waals surface area contributed by atoms with E-state index in [0.29, 0.717) is 0 Å². The summed E-state index contributed by atoms with van der Waals surface area (Å²) < 4.78 is 1.83. The third-order valence-electron chi connectivity index (χ3n) is 2.40. The molecule has 0 fully saturated rings. The number of nitrogens with one attached hydrogen (secondary N) is 1. The Hall–Kier alpha value is -1.84. The SMILES string of the molecule is Cc1cc(NCCc2cnn(C)c2)ccn1. The minimum absolute atomic E-state index is 0.912. The topological polar surface area (TPSA) is 42.7 Å². The van der Waals surface area contributed by atoms with Gasteiger partial charge in [0.05, 0.1) is 6.20 Å². The van der Waals surface area contributed by atoms with Gasteiger partial charge >= 0.3 is 0 Å². The summed E-state index contributed by atoms with van der Waals surface area (Å²) in [6.07, 6.45) is 6.75. The molecule has 4 heteroatoms. The lowest BCUT2D eigenvalue weighted by Gasteiger charge is -2.05. The first-order valence-corrected chi connectivity index (χ1v) is 5.38. The van der Waals surface area contributed by atoms with Crippen LogP contribution in [0, 0.1) is 6.92 Å². The first-order valence-electron chi connectivity index (χ1n) is 5.38. The second kappa shape index (κ2) is 4.79. The molecule has 0 atom stereocenters. The zero-order valence-electron chi connectivity index (χ0n) is 9.64. The highest BCUT2D eigenvalue weighted by Gasteiger charge is 1.96. The Morgan fingerprint density at radius 3 is 3.00 bits per heavy atom. The Balaban J connectivity index is 1.84. The van der Waals surface area contributed by atoms with Gasteiger partial charge in [0.2, 0.25) is 0 Å². The molecule has 0 amide bonds. The van der Waals surface area contributed by atoms with Crippen LogP contribution in [0.1, 0.15) is 11.3 Å². The largest absolute Gasteiger partial charge is 0.385 e. The number of aryl methyl sites for hydroxylation is 2. The molecule has 2 aromatic heterocycles. The van der Waals surface area contributed by atoms with Gasteiger partial charge in [-0.15, -0.1) is 0 Å². The van der Waals surface area contributed by atoms with Crippen molar-refractivity contribution in [1.29, 1.82) is 0 Å². The van der Waals surface area contributed by atoms with Crippen LogP contribution in [0.4, 0.5) is 5.69 Å². The molecule has 16 heavy (non-hydrogen) atoms. The summed E-state index contributed by atoms with van der Waals surface area (Å²) in [4.78, 5) is 4.16. The van der Waals surface area contributed by atoms with Crippen molar-refractivity contribution in [2.75, 3.05) is 11.9 Å². The summed E-state index contributed by atoms with van der Waals surface area (Å²) in [6, 6.07) is 4.03. The summed E-state index contributed by atoms with van der Waals surface area (Å²) in [5.41, 5.74) is 3.41. The number of rotatable bonds is 4. The second-order valence-electron chi connectivity index (χ2n) is 3.88. The van der Waals surface area contributed by atoms with Gasteiger partial charge in [0.15, 0.2) is 0 Å². The van der Waals surface area contributed by atoms with Crippen LogP contribution in [0.3, 0.4) is 0 Å². The zero-order chi connectivity index (χ0) is 11.4. The number of aromatic nitrogens is 3. The fraction of sp³-hybridized carbons (Fsp3) is 0.333. The lowest BCUT2D eigenvalue weighted by molar-refractivity contribution is 0.767. The second-order valence-corrected chi connectivity index (χ2v) is 3.88. The quantitative estimate of drug-likeness (QED) is 0.847. The molecule has 0 radical (unpaired) electrons. The average Bonchev–Trinajstić information content (AvgIpc) is 2.64. The van der Waals surface area contributed by atoms with Crippen molar-refractivity contribution in [2.45, 2.75) is 13.3 Å². The maximum Gasteiger partial charge on any atom is 0.0522 e. The number of pyridine rings is 1. The molecule has 0 unspecified atom stereocenters. The van der Waals surface area contributed by atoms with Gasteiger partial charge in [-0.1, -0.05) is 0 Å². The van der Waals surface area contributed by atoms with Gasteiger partial charge in [-0.2, -0.15) is 5.10 Å². The lowest BCUT2D eigenvalue weighted by Crippen LogP contribution is -2.04. The van der Waals surface area contributed by atoms with Crippen molar-refractivity contribution < 1.29 is 0 Å². The molecule has 0 aliphatic rings. The first-order chi connectivity index (χ1) is 7.74. The fourth-order valence-electron chi connectivity index (χ4n) is 1.61. The van der Waals surface area contributed by atoms with E-state index in [9.17, 15) is 0 Å². The maximum atomic E-state index is 4.16. The molecule has 2 heterocycles. The van der Waals surface area contributed by atoms with E-state index in [1.54, 1.807) is 0 Å². The van der Waals surface area contributed by atoms with Gasteiger partial charge < -0.3 is 5.32 Å². The lowest BCUT2D eigenvalue weighted by atomic mass is 10.2. The van der Waals surface area contributed by atoms with Crippen LogP contribution in [-0.2, 0) is 13.5 Å². The number of anilines is 1. The molecule has 0 aliphatic heterocycles. The van der Waals surface area contributed by atoms with Crippen molar-refractivity contribution in [3.8, 4) is 0 Å². The predicted molar refractivity (Wildman–Crippen MR) is 64.4 cm³/mol. The van der Waals surface area contributed by atoms with Gasteiger partial charge in [0.25, 0.3) is 0 Å². The van der Waals surface area contributed by atoms with Crippen LogP contribution >= 0.6 is 0 Å². The third kappa shape index (κ3) is 2.82. The molecule has 4 nitrogen and oxygen atoms in total. The van der Waals surface area contributed by atoms with E-state index in [1.165, 1.54) is 5.56 Å². The van der Waals surface area contributed by atoms with Crippen LogP contribution < -0.4 is 5.32 Å². The molecule has 0 saturated carbocycles. The smallest absolute Gasteiger partial charge is 0.0522 e. The molecular formula is C12H16N4. The summed E-state index contributed by atoms with van der Waals surface area (Å²) in [7, 11) is 1.93. The Kier molecular flexibility index (Phi) is 3.19. The minimum Gasteiger partial charge on any atom is -0.385 e. The van der Waals surface area contributed by atoms with Crippen molar-refractivity contribution >= 4 is 5.69 Å². The Bertz CT molecular complexity index is 462. The van der Waals surface area contributed by atoms with Gasteiger partial charge in [-0.25, -0.2) is 0 Å². The van der Waals surface area contributed by atoms with Gasteiger partial charge in [-0.3, -0.25) is 9.67 Å². The Morgan fingerprint density at radius 2 is 2.31 bits per heavy atom. The molecular weight excluding hydrogens is 200 g/mol. The van der Waals surface area contributed by atoms with E-state index >= 15 is 0 Å². The van der Waals surface area contributed by atoms with Gasteiger partial charge in [0.1, 0.15) is 0 Å². The van der Waals surface area contributed by atoms with Crippen LogP contribution in [0.15, 0.2) is 30.7 Å². The van der Waals surface area contributed by atoms with E-state index in [0.717, 1.165) is 24.3 Å². The van der Waals surface area contributed by atoms with E-state index in [-0.39, 0.29) is 0 Å². The van der Waals surface area contributed by atoms with Crippen molar-refractivity contribution in [1.82, 2.24) is 14.8 Å². The van der Waals surface area contributed by atoms with Crippen LogP contribution in [-0.4, -0.2) is 21.3 Å². The van der Waals surface area contributed by atoms with E-state index < -0.39 is 0 Å². The number of nitrogens with zero attached hydrogens (tertiary/aromatic N) is 3. The van der Waals surface area contributed by atoms with Gasteiger partial charge in [0, 0.05) is 37.4 Å². The standard InChI is InChI=1S/C12H16N4/c1-10-7-12(4-6-13-10)14-5-3-11-8-15-16(2)9-11/h4,6-9H,3,5H2,1-2H3,(H,13,14). The predicted octanol–water partition coefficient (Wildman–Crippen LogP) is 1.78. The first kappa shape index (κ1) is 10.7. The van der Waals surface area contributed by atoms with E-state index in [1.807, 2.05) is 49.4 Å². The summed E-state index contributed by atoms with van der Waals surface area (Å²) in [5, 5.41) is 7.50. The van der Waals surface area contributed by atoms with Crippen molar-refractivity contribution in [3.05, 3.63) is 42.0 Å². The third-order valence-corrected chi connectivity index (χ3v) is 2.40. The molecule has 0 aromatic carbocycles. The number of hydrogen-bond acceptors (Lipinski definition) is 3. The summed E-state index contributed by atoms with van der Waals surface area (Å²) >= 11 is 0. The molecule has 0 bridgehead atoms. The molecule has 1 N–H and O–H groups in total. The van der Waals surface area contributed by atoms with E-state index in [2.05, 4.69) is 15.4 Å². The molecule has 2 aromatic rings. The van der Waals surface area contributed by atoms with Crippen LogP contribution in [0.2, 0.25) is 0 Å². The molecule has 0 aliphatic carbocycles. The molecule has 0 saturated heterocycles. The van der Waals surface area contributed by atoms with Crippen LogP contribution in [0.5, 0.6) is 0 Å². The summed E-state index contributed by atoms with van der Waals surface area (Å²) in [6.45, 7) is 2.90. The zero-order valence-corrected chi connectivity index (χ0v) is 9.64. The highest BCUT2D eigenvalue weighted by molar-refractivity contribution is 5.42. The summed E-state index contributed by atoms with van der Waals surface area (Å²) in [5.74, 6) is 0. The number of hydrogen-bond donors (Lipinski definition) is 1.